The molecule has 2 heterocycles. The van der Waals surface area contributed by atoms with Crippen LogP contribution in [0.2, 0.25) is 0 Å². The van der Waals surface area contributed by atoms with Gasteiger partial charge < -0.3 is 5.32 Å². The Hall–Kier alpha value is -2.76. The van der Waals surface area contributed by atoms with Gasteiger partial charge in [-0.05, 0) is 48.2 Å². The molecule has 1 aromatic carbocycles. The van der Waals surface area contributed by atoms with Gasteiger partial charge in [0.1, 0.15) is 11.4 Å². The van der Waals surface area contributed by atoms with E-state index in [0.717, 1.165) is 5.56 Å². The van der Waals surface area contributed by atoms with Crippen LogP contribution in [-0.4, -0.2) is 28.4 Å². The van der Waals surface area contributed by atoms with Crippen LogP contribution in [0.5, 0.6) is 0 Å². The van der Waals surface area contributed by atoms with E-state index < -0.39 is 11.6 Å². The van der Waals surface area contributed by atoms with Crippen molar-refractivity contribution in [3.8, 4) is 0 Å². The average Bonchev–Trinajstić information content (AvgIpc) is 2.85. The predicted octanol–water partition coefficient (Wildman–Crippen LogP) is 2.62. The van der Waals surface area contributed by atoms with Crippen molar-refractivity contribution in [2.24, 2.45) is 0 Å². The number of nitrogens with one attached hydrogen (secondary N) is 1. The summed E-state index contributed by atoms with van der Waals surface area (Å²) in [6, 6.07) is 8.97. The molecule has 0 aliphatic carbocycles. The summed E-state index contributed by atoms with van der Waals surface area (Å²) in [5.74, 6) is -0.674. The second kappa shape index (κ2) is 6.39. The maximum atomic E-state index is 13.2. The molecule has 1 aliphatic heterocycles. The van der Waals surface area contributed by atoms with Gasteiger partial charge in [-0.1, -0.05) is 19.1 Å². The summed E-state index contributed by atoms with van der Waals surface area (Å²) < 4.78 is 13.2. The number of rotatable bonds is 5. The molecule has 0 spiro atoms. The lowest BCUT2D eigenvalue weighted by Gasteiger charge is -2.25. The number of nitrogens with zero attached hydrogens (tertiary/aromatic N) is 2. The number of hydrogen-bond donors (Lipinski definition) is 1. The summed E-state index contributed by atoms with van der Waals surface area (Å²) >= 11 is 0. The van der Waals surface area contributed by atoms with Crippen molar-refractivity contribution in [1.29, 1.82) is 0 Å². The highest BCUT2D eigenvalue weighted by Crippen LogP contribution is 2.32. The molecule has 3 amide bonds. The quantitative estimate of drug-likeness (QED) is 0.859. The lowest BCUT2D eigenvalue weighted by atomic mass is 9.87. The molecule has 1 saturated heterocycles. The number of carbonyl (C=O) groups excluding carboxylic acids is 2. The summed E-state index contributed by atoms with van der Waals surface area (Å²) in [6.45, 7) is 2.12. The van der Waals surface area contributed by atoms with Crippen LogP contribution in [0.3, 0.4) is 0 Å². The first-order valence-electron chi connectivity index (χ1n) is 7.86. The summed E-state index contributed by atoms with van der Waals surface area (Å²) in [5.41, 5.74) is 0.473. The van der Waals surface area contributed by atoms with E-state index in [1.807, 2.05) is 19.1 Å². The zero-order valence-corrected chi connectivity index (χ0v) is 13.3. The van der Waals surface area contributed by atoms with E-state index in [9.17, 15) is 14.0 Å². The molecule has 1 fully saturated rings. The van der Waals surface area contributed by atoms with Crippen molar-refractivity contribution in [1.82, 2.24) is 15.2 Å². The van der Waals surface area contributed by atoms with Crippen LogP contribution in [0.25, 0.3) is 0 Å². The van der Waals surface area contributed by atoms with Gasteiger partial charge in [-0.3, -0.25) is 14.7 Å². The van der Waals surface area contributed by atoms with E-state index in [1.54, 1.807) is 24.5 Å². The third kappa shape index (κ3) is 2.75. The van der Waals surface area contributed by atoms with Crippen molar-refractivity contribution in [2.75, 3.05) is 6.54 Å². The van der Waals surface area contributed by atoms with Gasteiger partial charge in [0.2, 0.25) is 0 Å². The van der Waals surface area contributed by atoms with E-state index in [-0.39, 0.29) is 18.3 Å². The second-order valence-electron chi connectivity index (χ2n) is 5.76. The minimum atomic E-state index is -1.12. The van der Waals surface area contributed by atoms with Crippen molar-refractivity contribution in [3.05, 3.63) is 65.7 Å². The van der Waals surface area contributed by atoms with E-state index in [0.29, 0.717) is 18.4 Å². The van der Waals surface area contributed by atoms with Gasteiger partial charge in [0.05, 0.1) is 0 Å². The lowest BCUT2D eigenvalue weighted by molar-refractivity contribution is -0.131. The summed E-state index contributed by atoms with van der Waals surface area (Å²) in [6.07, 6.45) is 4.31. The minimum absolute atomic E-state index is 0.289. The Morgan fingerprint density at radius 3 is 2.42 bits per heavy atom. The molecule has 24 heavy (non-hydrogen) atoms. The fourth-order valence-electron chi connectivity index (χ4n) is 2.99. The van der Waals surface area contributed by atoms with Crippen LogP contribution < -0.4 is 5.32 Å². The molecule has 6 heteroatoms. The highest BCUT2D eigenvalue weighted by atomic mass is 19.1. The number of urea groups is 1. The maximum Gasteiger partial charge on any atom is 0.325 e. The number of halogens is 1. The monoisotopic (exact) mass is 327 g/mol. The minimum Gasteiger partial charge on any atom is -0.319 e. The van der Waals surface area contributed by atoms with E-state index in [2.05, 4.69) is 10.3 Å². The number of pyridine rings is 1. The van der Waals surface area contributed by atoms with Crippen LogP contribution in [0.15, 0.2) is 48.8 Å². The molecule has 0 saturated carbocycles. The highest BCUT2D eigenvalue weighted by molar-refractivity contribution is 6.07. The number of carbonyl (C=O) groups is 2. The Labute approximate surface area is 139 Å². The molecular formula is C18H18FN3O2. The van der Waals surface area contributed by atoms with Gasteiger partial charge in [-0.2, -0.15) is 0 Å². The topological polar surface area (TPSA) is 62.3 Å². The van der Waals surface area contributed by atoms with Crippen LogP contribution in [-0.2, 0) is 16.8 Å². The number of hydrogen-bond acceptors (Lipinski definition) is 3. The van der Waals surface area contributed by atoms with Gasteiger partial charge in [-0.15, -0.1) is 0 Å². The van der Waals surface area contributed by atoms with Crippen molar-refractivity contribution >= 4 is 11.9 Å². The Bertz CT molecular complexity index is 749. The number of amides is 3. The molecular weight excluding hydrogens is 309 g/mol. The third-order valence-corrected chi connectivity index (χ3v) is 4.42. The lowest BCUT2D eigenvalue weighted by Crippen LogP contribution is -2.43. The van der Waals surface area contributed by atoms with E-state index >= 15 is 0 Å². The number of imide groups is 1. The SMILES string of the molecule is CC[C@@]1(c2ccc(F)cc2)NC(=O)N(CCc2ccncc2)C1=O. The van der Waals surface area contributed by atoms with Crippen molar-refractivity contribution in [2.45, 2.75) is 25.3 Å². The normalized spacial score (nSPS) is 20.3. The van der Waals surface area contributed by atoms with Crippen molar-refractivity contribution in [3.63, 3.8) is 0 Å². The first-order chi connectivity index (χ1) is 11.6. The fraction of sp³-hybridized carbons (Fsp3) is 0.278. The molecule has 1 aliphatic rings. The summed E-state index contributed by atoms with van der Waals surface area (Å²) in [5, 5.41) is 2.79. The Kier molecular flexibility index (Phi) is 4.29. The first-order valence-corrected chi connectivity index (χ1v) is 7.86. The summed E-state index contributed by atoms with van der Waals surface area (Å²) in [7, 11) is 0. The molecule has 2 aromatic rings. The van der Waals surface area contributed by atoms with Crippen LogP contribution >= 0.6 is 0 Å². The molecule has 1 aromatic heterocycles. The van der Waals surface area contributed by atoms with E-state index in [4.69, 9.17) is 0 Å². The van der Waals surface area contributed by atoms with Crippen LogP contribution in [0.1, 0.15) is 24.5 Å². The fourth-order valence-corrected chi connectivity index (χ4v) is 2.99. The molecule has 1 N–H and O–H groups in total. The zero-order valence-electron chi connectivity index (χ0n) is 13.3. The Morgan fingerprint density at radius 1 is 1.12 bits per heavy atom. The Morgan fingerprint density at radius 2 is 1.79 bits per heavy atom. The van der Waals surface area contributed by atoms with Crippen molar-refractivity contribution < 1.29 is 14.0 Å². The predicted molar refractivity (Wildman–Crippen MR) is 86.6 cm³/mol. The highest BCUT2D eigenvalue weighted by Gasteiger charge is 2.50. The molecule has 124 valence electrons. The second-order valence-corrected chi connectivity index (χ2v) is 5.76. The van der Waals surface area contributed by atoms with Crippen LogP contribution in [0, 0.1) is 5.82 Å². The number of benzene rings is 1. The Balaban J connectivity index is 1.82. The molecule has 1 atom stereocenters. The average molecular weight is 327 g/mol. The standard InChI is InChI=1S/C18H18FN3O2/c1-2-18(14-3-5-15(19)6-4-14)16(23)22(17(24)21-18)12-9-13-7-10-20-11-8-13/h3-8,10-11H,2,9,12H2,1H3,(H,21,24)/t18-/m0/s1. The number of aromatic nitrogens is 1. The van der Waals surface area contributed by atoms with Gasteiger partial charge in [0.25, 0.3) is 5.91 Å². The van der Waals surface area contributed by atoms with Gasteiger partial charge in [0.15, 0.2) is 0 Å². The molecule has 0 radical (unpaired) electrons. The van der Waals surface area contributed by atoms with Crippen LogP contribution in [0.4, 0.5) is 9.18 Å². The molecule has 0 unspecified atom stereocenters. The first kappa shape index (κ1) is 16.1. The summed E-state index contributed by atoms with van der Waals surface area (Å²) in [4.78, 5) is 30.4. The molecule has 5 nitrogen and oxygen atoms in total. The van der Waals surface area contributed by atoms with Gasteiger partial charge in [0, 0.05) is 18.9 Å². The third-order valence-electron chi connectivity index (χ3n) is 4.42. The van der Waals surface area contributed by atoms with E-state index in [1.165, 1.54) is 17.0 Å². The molecule has 3 rings (SSSR count). The maximum absolute atomic E-state index is 13.2. The zero-order chi connectivity index (χ0) is 17.2. The van der Waals surface area contributed by atoms with Gasteiger partial charge in [-0.25, -0.2) is 9.18 Å². The largest absolute Gasteiger partial charge is 0.325 e. The smallest absolute Gasteiger partial charge is 0.319 e. The molecule has 0 bridgehead atoms. The van der Waals surface area contributed by atoms with Gasteiger partial charge >= 0.3 is 6.03 Å².